The van der Waals surface area contributed by atoms with Crippen molar-refractivity contribution in [1.82, 2.24) is 4.90 Å². The molecule has 2 heterocycles. The van der Waals surface area contributed by atoms with Crippen LogP contribution in [0.3, 0.4) is 0 Å². The standard InChI is InChI=1S/C21H20ClFN2O2/c1-13-6-7-15(22)12-18(13)24-8-10-25(11-9-24)21(26)19-14(2)16-4-3-5-17(23)20(16)27-19/h3-7,12H,8-11H2,1-2H3. The van der Waals surface area contributed by atoms with E-state index in [2.05, 4.69) is 11.8 Å². The molecule has 1 aliphatic heterocycles. The minimum atomic E-state index is -0.448. The Morgan fingerprint density at radius 2 is 1.85 bits per heavy atom. The number of amides is 1. The number of nitrogens with zero attached hydrogens (tertiary/aromatic N) is 2. The van der Waals surface area contributed by atoms with Crippen LogP contribution in [0, 0.1) is 19.7 Å². The summed E-state index contributed by atoms with van der Waals surface area (Å²) in [6, 6.07) is 10.6. The Morgan fingerprint density at radius 3 is 2.56 bits per heavy atom. The molecule has 140 valence electrons. The van der Waals surface area contributed by atoms with Crippen LogP contribution >= 0.6 is 11.6 Å². The Labute approximate surface area is 162 Å². The molecule has 1 aliphatic rings. The van der Waals surface area contributed by atoms with Crippen molar-refractivity contribution >= 4 is 34.2 Å². The maximum Gasteiger partial charge on any atom is 0.290 e. The molecule has 1 amide bonds. The van der Waals surface area contributed by atoms with Crippen molar-refractivity contribution in [3.63, 3.8) is 0 Å². The number of rotatable bonds is 2. The quantitative estimate of drug-likeness (QED) is 0.634. The highest BCUT2D eigenvalue weighted by Gasteiger charge is 2.27. The molecule has 1 fully saturated rings. The fourth-order valence-electron chi connectivity index (χ4n) is 3.63. The first-order chi connectivity index (χ1) is 13.0. The van der Waals surface area contributed by atoms with Crippen LogP contribution in [-0.2, 0) is 0 Å². The molecular weight excluding hydrogens is 367 g/mol. The maximum atomic E-state index is 14.0. The number of hydrogen-bond donors (Lipinski definition) is 0. The lowest BCUT2D eigenvalue weighted by atomic mass is 10.1. The van der Waals surface area contributed by atoms with E-state index in [0.717, 1.165) is 11.3 Å². The topological polar surface area (TPSA) is 36.7 Å². The van der Waals surface area contributed by atoms with Crippen LogP contribution in [0.15, 0.2) is 40.8 Å². The van der Waals surface area contributed by atoms with E-state index >= 15 is 0 Å². The number of fused-ring (bicyclic) bond motifs is 1. The molecule has 4 rings (SSSR count). The fraction of sp³-hybridized carbons (Fsp3) is 0.286. The van der Waals surface area contributed by atoms with E-state index in [-0.39, 0.29) is 17.3 Å². The Kier molecular flexibility index (Phi) is 4.56. The van der Waals surface area contributed by atoms with Crippen LogP contribution in [0.1, 0.15) is 21.7 Å². The van der Waals surface area contributed by atoms with Crippen molar-refractivity contribution in [2.75, 3.05) is 31.1 Å². The summed E-state index contributed by atoms with van der Waals surface area (Å²) in [4.78, 5) is 16.9. The van der Waals surface area contributed by atoms with Crippen molar-refractivity contribution in [3.05, 3.63) is 64.1 Å². The highest BCUT2D eigenvalue weighted by molar-refractivity contribution is 6.30. The molecule has 0 saturated carbocycles. The zero-order valence-corrected chi connectivity index (χ0v) is 16.0. The molecule has 1 saturated heterocycles. The number of halogens is 2. The van der Waals surface area contributed by atoms with Crippen LogP contribution in [0.2, 0.25) is 5.02 Å². The number of hydrogen-bond acceptors (Lipinski definition) is 3. The summed E-state index contributed by atoms with van der Waals surface area (Å²) >= 11 is 6.13. The number of piperazine rings is 1. The normalized spacial score (nSPS) is 14.8. The van der Waals surface area contributed by atoms with Crippen LogP contribution in [0.5, 0.6) is 0 Å². The molecule has 0 radical (unpaired) electrons. The highest BCUT2D eigenvalue weighted by Crippen LogP contribution is 2.29. The van der Waals surface area contributed by atoms with E-state index in [9.17, 15) is 9.18 Å². The molecule has 27 heavy (non-hydrogen) atoms. The Hall–Kier alpha value is -2.53. The second-order valence-electron chi connectivity index (χ2n) is 6.88. The lowest BCUT2D eigenvalue weighted by molar-refractivity contribution is 0.0716. The molecule has 0 unspecified atom stereocenters. The summed E-state index contributed by atoms with van der Waals surface area (Å²) < 4.78 is 19.6. The van der Waals surface area contributed by atoms with Crippen molar-refractivity contribution < 1.29 is 13.6 Å². The molecule has 1 aromatic heterocycles. The number of benzene rings is 2. The van der Waals surface area contributed by atoms with Crippen molar-refractivity contribution in [3.8, 4) is 0 Å². The number of para-hydroxylation sites is 1. The molecule has 0 aliphatic carbocycles. The average molecular weight is 387 g/mol. The van der Waals surface area contributed by atoms with Crippen LogP contribution in [0.4, 0.5) is 10.1 Å². The Balaban J connectivity index is 1.53. The van der Waals surface area contributed by atoms with Gasteiger partial charge in [-0.15, -0.1) is 0 Å². The molecule has 4 nitrogen and oxygen atoms in total. The Bertz CT molecular complexity index is 1020. The number of carbonyl (C=O) groups excluding carboxylic acids is 1. The van der Waals surface area contributed by atoms with Gasteiger partial charge in [-0.05, 0) is 37.6 Å². The van der Waals surface area contributed by atoms with Crippen molar-refractivity contribution in [2.24, 2.45) is 0 Å². The van der Waals surface area contributed by atoms with Gasteiger partial charge in [0.2, 0.25) is 0 Å². The molecule has 0 bridgehead atoms. The summed E-state index contributed by atoms with van der Waals surface area (Å²) in [5, 5.41) is 1.35. The molecule has 0 spiro atoms. The van der Waals surface area contributed by atoms with Gasteiger partial charge in [-0.1, -0.05) is 29.8 Å². The summed E-state index contributed by atoms with van der Waals surface area (Å²) in [7, 11) is 0. The van der Waals surface area contributed by atoms with E-state index in [1.54, 1.807) is 24.0 Å². The number of aryl methyl sites for hydroxylation is 2. The predicted molar refractivity (Wildman–Crippen MR) is 105 cm³/mol. The zero-order chi connectivity index (χ0) is 19.1. The van der Waals surface area contributed by atoms with E-state index < -0.39 is 5.82 Å². The van der Waals surface area contributed by atoms with Gasteiger partial charge in [0.15, 0.2) is 17.2 Å². The van der Waals surface area contributed by atoms with Crippen LogP contribution < -0.4 is 4.90 Å². The van der Waals surface area contributed by atoms with E-state index in [4.69, 9.17) is 16.0 Å². The third kappa shape index (κ3) is 3.16. The third-order valence-corrected chi connectivity index (χ3v) is 5.42. The van der Waals surface area contributed by atoms with Gasteiger partial charge >= 0.3 is 0 Å². The summed E-state index contributed by atoms with van der Waals surface area (Å²) in [6.45, 7) is 6.41. The largest absolute Gasteiger partial charge is 0.448 e. The van der Waals surface area contributed by atoms with Gasteiger partial charge in [0.25, 0.3) is 5.91 Å². The van der Waals surface area contributed by atoms with Crippen LogP contribution in [0.25, 0.3) is 11.0 Å². The van der Waals surface area contributed by atoms with Crippen molar-refractivity contribution in [2.45, 2.75) is 13.8 Å². The SMILES string of the molecule is Cc1ccc(Cl)cc1N1CCN(C(=O)c2oc3c(F)cccc3c2C)CC1. The molecule has 0 N–H and O–H groups in total. The number of anilines is 1. The number of furan rings is 1. The third-order valence-electron chi connectivity index (χ3n) is 5.19. The van der Waals surface area contributed by atoms with Gasteiger partial charge in [-0.25, -0.2) is 4.39 Å². The van der Waals surface area contributed by atoms with E-state index in [1.165, 1.54) is 6.07 Å². The summed E-state index contributed by atoms with van der Waals surface area (Å²) in [5.74, 6) is -0.413. The second kappa shape index (κ2) is 6.89. The molecule has 3 aromatic rings. The predicted octanol–water partition coefficient (Wildman–Crippen LogP) is 4.80. The monoisotopic (exact) mass is 386 g/mol. The summed E-state index contributed by atoms with van der Waals surface area (Å²) in [5.41, 5.74) is 3.08. The fourth-order valence-corrected chi connectivity index (χ4v) is 3.80. The first kappa shape index (κ1) is 17.9. The molecule has 0 atom stereocenters. The first-order valence-electron chi connectivity index (χ1n) is 8.93. The van der Waals surface area contributed by atoms with Gasteiger partial charge in [-0.3, -0.25) is 4.79 Å². The highest BCUT2D eigenvalue weighted by atomic mass is 35.5. The Morgan fingerprint density at radius 1 is 1.11 bits per heavy atom. The molecular formula is C21H20ClFN2O2. The zero-order valence-electron chi connectivity index (χ0n) is 15.3. The van der Waals surface area contributed by atoms with E-state index in [1.807, 2.05) is 18.2 Å². The van der Waals surface area contributed by atoms with E-state index in [0.29, 0.717) is 42.2 Å². The minimum Gasteiger partial charge on any atom is -0.448 e. The van der Waals surface area contributed by atoms with Gasteiger partial charge in [0.05, 0.1) is 0 Å². The van der Waals surface area contributed by atoms with Gasteiger partial charge in [0, 0.05) is 47.8 Å². The minimum absolute atomic E-state index is 0.145. The number of carbonyl (C=O) groups is 1. The van der Waals surface area contributed by atoms with Gasteiger partial charge in [-0.2, -0.15) is 0 Å². The molecule has 2 aromatic carbocycles. The molecule has 6 heteroatoms. The lowest BCUT2D eigenvalue weighted by Gasteiger charge is -2.36. The van der Waals surface area contributed by atoms with Gasteiger partial charge in [0.1, 0.15) is 0 Å². The average Bonchev–Trinajstić information content (AvgIpc) is 3.01. The lowest BCUT2D eigenvalue weighted by Crippen LogP contribution is -2.49. The maximum absolute atomic E-state index is 14.0. The smallest absolute Gasteiger partial charge is 0.290 e. The summed E-state index contributed by atoms with van der Waals surface area (Å²) in [6.07, 6.45) is 0. The van der Waals surface area contributed by atoms with Gasteiger partial charge < -0.3 is 14.2 Å². The van der Waals surface area contributed by atoms with Crippen LogP contribution in [-0.4, -0.2) is 37.0 Å². The van der Waals surface area contributed by atoms with Crippen molar-refractivity contribution in [1.29, 1.82) is 0 Å². The second-order valence-corrected chi connectivity index (χ2v) is 7.32. The first-order valence-corrected chi connectivity index (χ1v) is 9.31.